The molecule has 0 spiro atoms. The quantitative estimate of drug-likeness (QED) is 0.618. The van der Waals surface area contributed by atoms with Gasteiger partial charge in [-0.05, 0) is 19.3 Å². The van der Waals surface area contributed by atoms with Crippen LogP contribution in [0, 0.1) is 5.92 Å². The van der Waals surface area contributed by atoms with E-state index in [0.29, 0.717) is 21.4 Å². The highest BCUT2D eigenvalue weighted by Crippen LogP contribution is 2.38. The Morgan fingerprint density at radius 1 is 1.38 bits per heavy atom. The fourth-order valence-electron chi connectivity index (χ4n) is 1.92. The lowest BCUT2D eigenvalue weighted by atomic mass is 10.1. The van der Waals surface area contributed by atoms with Crippen molar-refractivity contribution in [2.45, 2.75) is 34.1 Å². The first-order valence-electron chi connectivity index (χ1n) is 7.11. The van der Waals surface area contributed by atoms with Gasteiger partial charge in [-0.1, -0.05) is 13.8 Å². The van der Waals surface area contributed by atoms with E-state index < -0.39 is 5.97 Å². The monoisotopic (exact) mass is 312 g/mol. The predicted octanol–water partition coefficient (Wildman–Crippen LogP) is 3.19. The van der Waals surface area contributed by atoms with Gasteiger partial charge in [0.2, 0.25) is 0 Å². The number of esters is 1. The van der Waals surface area contributed by atoms with E-state index >= 15 is 0 Å². The molecule has 0 atom stereocenters. The Balaban J connectivity index is 3.19. The zero-order chi connectivity index (χ0) is 16.2. The first-order chi connectivity index (χ1) is 9.79. The highest BCUT2D eigenvalue weighted by molar-refractivity contribution is 7.19. The minimum Gasteiger partial charge on any atom is -0.462 e. The van der Waals surface area contributed by atoms with Crippen LogP contribution >= 0.6 is 11.3 Å². The third-order valence-electron chi connectivity index (χ3n) is 3.11. The SMILES string of the molecule is CCOC(=O)c1c(N(C)CCC(C)C)sc(C(C)=O)c1N. The molecule has 0 fully saturated rings. The van der Waals surface area contributed by atoms with Gasteiger partial charge in [-0.25, -0.2) is 4.79 Å². The largest absolute Gasteiger partial charge is 0.462 e. The van der Waals surface area contributed by atoms with E-state index in [4.69, 9.17) is 10.5 Å². The number of carbonyl (C=O) groups is 2. The summed E-state index contributed by atoms with van der Waals surface area (Å²) in [5.41, 5.74) is 6.54. The number of carbonyl (C=O) groups excluding carboxylic acids is 2. The van der Waals surface area contributed by atoms with Gasteiger partial charge in [0, 0.05) is 20.5 Å². The van der Waals surface area contributed by atoms with Crippen LogP contribution < -0.4 is 10.6 Å². The summed E-state index contributed by atoms with van der Waals surface area (Å²) < 4.78 is 5.07. The fraction of sp³-hybridized carbons (Fsp3) is 0.600. The second-order valence-electron chi connectivity index (χ2n) is 5.41. The third-order valence-corrected chi connectivity index (χ3v) is 4.54. The molecule has 1 aromatic heterocycles. The van der Waals surface area contributed by atoms with Crippen LogP contribution in [0.15, 0.2) is 0 Å². The molecule has 1 aromatic rings. The van der Waals surface area contributed by atoms with Crippen molar-refractivity contribution in [1.29, 1.82) is 0 Å². The van der Waals surface area contributed by atoms with Crippen molar-refractivity contribution < 1.29 is 14.3 Å². The summed E-state index contributed by atoms with van der Waals surface area (Å²) in [5.74, 6) is -0.0419. The lowest BCUT2D eigenvalue weighted by Gasteiger charge is -2.20. The second-order valence-corrected chi connectivity index (χ2v) is 6.40. The zero-order valence-electron chi connectivity index (χ0n) is 13.4. The van der Waals surface area contributed by atoms with Gasteiger partial charge in [-0.3, -0.25) is 4.79 Å². The van der Waals surface area contributed by atoms with Gasteiger partial charge in [0.05, 0.1) is 17.2 Å². The summed E-state index contributed by atoms with van der Waals surface area (Å²) in [4.78, 5) is 26.2. The van der Waals surface area contributed by atoms with Gasteiger partial charge in [-0.2, -0.15) is 0 Å². The fourth-order valence-corrected chi connectivity index (χ4v) is 3.01. The van der Waals surface area contributed by atoms with Gasteiger partial charge in [0.1, 0.15) is 10.6 Å². The molecule has 118 valence electrons. The number of nitrogens with two attached hydrogens (primary N) is 1. The molecule has 0 amide bonds. The molecule has 0 aliphatic heterocycles. The van der Waals surface area contributed by atoms with Crippen LogP contribution in [0.3, 0.4) is 0 Å². The highest BCUT2D eigenvalue weighted by Gasteiger charge is 2.26. The summed E-state index contributed by atoms with van der Waals surface area (Å²) in [6.45, 7) is 8.55. The molecule has 0 radical (unpaired) electrons. The van der Waals surface area contributed by atoms with Gasteiger partial charge >= 0.3 is 5.97 Å². The molecule has 0 bridgehead atoms. The van der Waals surface area contributed by atoms with Crippen LogP contribution in [0.4, 0.5) is 10.7 Å². The number of hydrogen-bond donors (Lipinski definition) is 1. The average Bonchev–Trinajstić information content (AvgIpc) is 2.74. The van der Waals surface area contributed by atoms with Crippen molar-refractivity contribution in [2.24, 2.45) is 5.92 Å². The molecular weight excluding hydrogens is 288 g/mol. The van der Waals surface area contributed by atoms with E-state index in [1.54, 1.807) is 6.92 Å². The molecule has 1 rings (SSSR count). The van der Waals surface area contributed by atoms with E-state index in [1.165, 1.54) is 18.3 Å². The van der Waals surface area contributed by atoms with Crippen molar-refractivity contribution in [2.75, 3.05) is 30.8 Å². The van der Waals surface area contributed by atoms with Gasteiger partial charge in [-0.15, -0.1) is 11.3 Å². The molecule has 0 saturated carbocycles. The zero-order valence-corrected chi connectivity index (χ0v) is 14.2. The Labute approximate surface area is 130 Å². The molecule has 0 aromatic carbocycles. The highest BCUT2D eigenvalue weighted by atomic mass is 32.1. The van der Waals surface area contributed by atoms with E-state index in [-0.39, 0.29) is 18.1 Å². The molecule has 0 aliphatic rings. The van der Waals surface area contributed by atoms with Gasteiger partial charge < -0.3 is 15.4 Å². The number of anilines is 2. The van der Waals surface area contributed by atoms with Crippen LogP contribution in [-0.2, 0) is 4.74 Å². The Hall–Kier alpha value is -1.56. The maximum absolute atomic E-state index is 12.1. The Morgan fingerprint density at radius 3 is 2.48 bits per heavy atom. The van der Waals surface area contributed by atoms with Gasteiger partial charge in [0.25, 0.3) is 0 Å². The summed E-state index contributed by atoms with van der Waals surface area (Å²) in [5, 5.41) is 0.705. The van der Waals surface area contributed by atoms with E-state index in [1.807, 2.05) is 11.9 Å². The van der Waals surface area contributed by atoms with Crippen molar-refractivity contribution in [3.63, 3.8) is 0 Å². The average molecular weight is 312 g/mol. The molecule has 0 aliphatic carbocycles. The molecule has 6 heteroatoms. The molecule has 0 unspecified atom stereocenters. The van der Waals surface area contributed by atoms with Crippen molar-refractivity contribution in [3.8, 4) is 0 Å². The van der Waals surface area contributed by atoms with E-state index in [2.05, 4.69) is 13.8 Å². The van der Waals surface area contributed by atoms with E-state index in [9.17, 15) is 9.59 Å². The van der Waals surface area contributed by atoms with Crippen molar-refractivity contribution in [1.82, 2.24) is 0 Å². The number of nitrogen functional groups attached to an aromatic ring is 1. The Morgan fingerprint density at radius 2 is 2.00 bits per heavy atom. The summed E-state index contributed by atoms with van der Waals surface area (Å²) in [6.07, 6.45) is 0.992. The van der Waals surface area contributed by atoms with Crippen molar-refractivity contribution >= 4 is 33.8 Å². The van der Waals surface area contributed by atoms with Crippen LogP contribution in [0.5, 0.6) is 0 Å². The van der Waals surface area contributed by atoms with Crippen LogP contribution in [0.1, 0.15) is 54.1 Å². The predicted molar refractivity (Wildman–Crippen MR) is 87.4 cm³/mol. The number of ketones is 1. The van der Waals surface area contributed by atoms with Gasteiger partial charge in [0.15, 0.2) is 5.78 Å². The van der Waals surface area contributed by atoms with E-state index in [0.717, 1.165) is 13.0 Å². The summed E-state index contributed by atoms with van der Waals surface area (Å²) in [6, 6.07) is 0. The maximum Gasteiger partial charge on any atom is 0.343 e. The third kappa shape index (κ3) is 4.20. The number of ether oxygens (including phenoxy) is 1. The lowest BCUT2D eigenvalue weighted by Crippen LogP contribution is -2.21. The Kier molecular flexibility index (Phi) is 6.20. The minimum atomic E-state index is -0.467. The first-order valence-corrected chi connectivity index (χ1v) is 7.92. The smallest absolute Gasteiger partial charge is 0.343 e. The minimum absolute atomic E-state index is 0.133. The summed E-state index contributed by atoms with van der Waals surface area (Å²) >= 11 is 1.26. The normalized spacial score (nSPS) is 10.8. The maximum atomic E-state index is 12.1. The van der Waals surface area contributed by atoms with Crippen LogP contribution in [0.25, 0.3) is 0 Å². The van der Waals surface area contributed by atoms with Crippen LogP contribution in [-0.4, -0.2) is 32.0 Å². The molecule has 1 heterocycles. The standard InChI is InChI=1S/C15H24N2O3S/c1-6-20-15(19)11-12(16)13(10(4)18)21-14(11)17(5)8-7-9(2)3/h9H,6-8,16H2,1-5H3. The molecule has 0 saturated heterocycles. The summed E-state index contributed by atoms with van der Waals surface area (Å²) in [7, 11) is 1.90. The lowest BCUT2D eigenvalue weighted by molar-refractivity contribution is 0.0529. The molecule has 5 nitrogen and oxygen atoms in total. The topological polar surface area (TPSA) is 72.6 Å². The molecule has 2 N–H and O–H groups in total. The molecular formula is C15H24N2O3S. The van der Waals surface area contributed by atoms with Crippen LogP contribution in [0.2, 0.25) is 0 Å². The number of rotatable bonds is 7. The Bertz CT molecular complexity index is 523. The number of thiophene rings is 1. The number of nitrogens with zero attached hydrogens (tertiary/aromatic N) is 1. The number of Topliss-reactive ketones (excluding diaryl/α,β-unsaturated/α-hetero) is 1. The number of hydrogen-bond acceptors (Lipinski definition) is 6. The second kappa shape index (κ2) is 7.45. The molecule has 21 heavy (non-hydrogen) atoms. The van der Waals surface area contributed by atoms with Crippen molar-refractivity contribution in [3.05, 3.63) is 10.4 Å². The first kappa shape index (κ1) is 17.5.